The van der Waals surface area contributed by atoms with Gasteiger partial charge in [0.2, 0.25) is 5.91 Å². The van der Waals surface area contributed by atoms with Crippen molar-refractivity contribution >= 4 is 23.5 Å². The minimum atomic E-state index is -0.442. The zero-order valence-electron chi connectivity index (χ0n) is 17.9. The number of esters is 1. The van der Waals surface area contributed by atoms with Crippen molar-refractivity contribution in [1.29, 1.82) is 0 Å². The molecule has 1 fully saturated rings. The molecule has 0 bridgehead atoms. The number of nitrogens with zero attached hydrogens (tertiary/aromatic N) is 2. The molecule has 0 radical (unpaired) electrons. The number of carbonyl (C=O) groups is 3. The number of carbonyl (C=O) groups excluding carboxylic acids is 3. The van der Waals surface area contributed by atoms with E-state index in [0.717, 1.165) is 31.6 Å². The fourth-order valence-electron chi connectivity index (χ4n) is 3.53. The Balaban J connectivity index is 1.46. The number of aryl methyl sites for hydroxylation is 1. The van der Waals surface area contributed by atoms with E-state index in [-0.39, 0.29) is 30.2 Å². The van der Waals surface area contributed by atoms with Crippen LogP contribution in [0.3, 0.4) is 0 Å². The molecule has 3 rings (SSSR count). The van der Waals surface area contributed by atoms with Gasteiger partial charge in [0.1, 0.15) is 5.69 Å². The van der Waals surface area contributed by atoms with Crippen molar-refractivity contribution < 1.29 is 19.1 Å². The van der Waals surface area contributed by atoms with Gasteiger partial charge in [0.15, 0.2) is 0 Å². The summed E-state index contributed by atoms with van der Waals surface area (Å²) in [5.74, 6) is -0.753. The number of likely N-dealkylation sites (tertiary alicyclic amines) is 1. The molecule has 0 spiro atoms. The third kappa shape index (κ3) is 6.36. The van der Waals surface area contributed by atoms with Gasteiger partial charge < -0.3 is 15.4 Å². The van der Waals surface area contributed by atoms with E-state index in [1.807, 2.05) is 30.3 Å². The molecule has 2 N–H and O–H groups in total. The maximum atomic E-state index is 12.6. The van der Waals surface area contributed by atoms with Crippen molar-refractivity contribution in [3.63, 3.8) is 0 Å². The summed E-state index contributed by atoms with van der Waals surface area (Å²) in [7, 11) is 0. The van der Waals surface area contributed by atoms with Crippen LogP contribution in [0.2, 0.25) is 0 Å². The average Bonchev–Trinajstić information content (AvgIpc) is 2.75. The van der Waals surface area contributed by atoms with E-state index >= 15 is 0 Å². The highest BCUT2D eigenvalue weighted by atomic mass is 16.5. The van der Waals surface area contributed by atoms with E-state index in [1.165, 1.54) is 6.07 Å². The van der Waals surface area contributed by atoms with Gasteiger partial charge in [0.25, 0.3) is 5.91 Å². The van der Waals surface area contributed by atoms with Crippen LogP contribution in [0.25, 0.3) is 0 Å². The molecule has 1 aromatic heterocycles. The van der Waals surface area contributed by atoms with Gasteiger partial charge in [-0.2, -0.15) is 0 Å². The van der Waals surface area contributed by atoms with E-state index < -0.39 is 5.97 Å². The third-order valence-electron chi connectivity index (χ3n) is 5.16. The Labute approximate surface area is 182 Å². The van der Waals surface area contributed by atoms with Crippen LogP contribution in [0.15, 0.2) is 42.5 Å². The van der Waals surface area contributed by atoms with Crippen molar-refractivity contribution in [2.45, 2.75) is 32.7 Å². The van der Waals surface area contributed by atoms with Crippen LogP contribution in [-0.2, 0) is 9.53 Å². The van der Waals surface area contributed by atoms with Crippen LogP contribution < -0.4 is 10.6 Å². The first-order valence-electron chi connectivity index (χ1n) is 10.5. The number of para-hydroxylation sites is 1. The molecule has 8 heteroatoms. The maximum absolute atomic E-state index is 12.6. The summed E-state index contributed by atoms with van der Waals surface area (Å²) in [6.45, 7) is 5.48. The molecule has 1 aliphatic rings. The summed E-state index contributed by atoms with van der Waals surface area (Å²) in [4.78, 5) is 43.0. The predicted octanol–water partition coefficient (Wildman–Crippen LogP) is 2.40. The standard InChI is InChI=1S/C23H28N4O4/c1-3-31-23(30)19-9-10-20(24-16(19)2)22(29)26-18-11-13-27(14-12-18)15-21(28)25-17-7-5-4-6-8-17/h4-10,18H,3,11-15H2,1-2H3,(H,25,28)(H,26,29). The molecule has 2 amide bonds. The third-order valence-corrected chi connectivity index (χ3v) is 5.16. The number of nitrogens with one attached hydrogen (secondary N) is 2. The van der Waals surface area contributed by atoms with Gasteiger partial charge in [0, 0.05) is 24.8 Å². The van der Waals surface area contributed by atoms with Crippen LogP contribution in [0.1, 0.15) is 46.3 Å². The number of aromatic nitrogens is 1. The van der Waals surface area contributed by atoms with Gasteiger partial charge in [-0.1, -0.05) is 18.2 Å². The van der Waals surface area contributed by atoms with Gasteiger partial charge >= 0.3 is 5.97 Å². The number of piperidine rings is 1. The molecule has 8 nitrogen and oxygen atoms in total. The Bertz CT molecular complexity index is 924. The summed E-state index contributed by atoms with van der Waals surface area (Å²) < 4.78 is 4.99. The smallest absolute Gasteiger partial charge is 0.339 e. The van der Waals surface area contributed by atoms with Crippen LogP contribution in [0, 0.1) is 6.92 Å². The highest BCUT2D eigenvalue weighted by molar-refractivity contribution is 5.95. The lowest BCUT2D eigenvalue weighted by atomic mass is 10.0. The molecule has 1 saturated heterocycles. The normalized spacial score (nSPS) is 14.6. The Hall–Kier alpha value is -3.26. The fraction of sp³-hybridized carbons (Fsp3) is 0.391. The number of benzene rings is 1. The van der Waals surface area contributed by atoms with Crippen molar-refractivity contribution in [2.75, 3.05) is 31.6 Å². The second-order valence-electron chi connectivity index (χ2n) is 7.49. The maximum Gasteiger partial charge on any atom is 0.339 e. The number of hydrogen-bond acceptors (Lipinski definition) is 6. The lowest BCUT2D eigenvalue weighted by Gasteiger charge is -2.31. The first-order chi connectivity index (χ1) is 15.0. The van der Waals surface area contributed by atoms with Crippen molar-refractivity contribution in [3.05, 3.63) is 59.4 Å². The molecule has 0 saturated carbocycles. The molecule has 0 unspecified atom stereocenters. The lowest BCUT2D eigenvalue weighted by Crippen LogP contribution is -2.46. The Morgan fingerprint density at radius 3 is 2.45 bits per heavy atom. The van der Waals surface area contributed by atoms with Crippen molar-refractivity contribution in [1.82, 2.24) is 15.2 Å². The highest BCUT2D eigenvalue weighted by Gasteiger charge is 2.23. The van der Waals surface area contributed by atoms with Crippen molar-refractivity contribution in [3.8, 4) is 0 Å². The summed E-state index contributed by atoms with van der Waals surface area (Å²) in [6, 6.07) is 12.5. The molecular weight excluding hydrogens is 396 g/mol. The Kier molecular flexibility index (Phi) is 7.72. The number of ether oxygens (including phenoxy) is 1. The van der Waals surface area contributed by atoms with Gasteiger partial charge in [-0.05, 0) is 51.0 Å². The lowest BCUT2D eigenvalue weighted by molar-refractivity contribution is -0.117. The molecule has 31 heavy (non-hydrogen) atoms. The summed E-state index contributed by atoms with van der Waals surface area (Å²) >= 11 is 0. The van der Waals surface area contributed by atoms with Gasteiger partial charge in [0.05, 0.1) is 24.4 Å². The summed E-state index contributed by atoms with van der Waals surface area (Å²) in [5, 5.41) is 5.89. The highest BCUT2D eigenvalue weighted by Crippen LogP contribution is 2.13. The molecule has 2 heterocycles. The van der Waals surface area contributed by atoms with Crippen LogP contribution in [-0.4, -0.2) is 60.0 Å². The van der Waals surface area contributed by atoms with Crippen LogP contribution in [0.4, 0.5) is 5.69 Å². The number of amides is 2. The van der Waals surface area contributed by atoms with E-state index in [2.05, 4.69) is 20.5 Å². The zero-order valence-corrected chi connectivity index (χ0v) is 17.9. The SMILES string of the molecule is CCOC(=O)c1ccc(C(=O)NC2CCN(CC(=O)Nc3ccccc3)CC2)nc1C. The zero-order chi connectivity index (χ0) is 22.2. The first-order valence-corrected chi connectivity index (χ1v) is 10.5. The average molecular weight is 425 g/mol. The molecule has 0 atom stereocenters. The molecule has 0 aliphatic carbocycles. The number of hydrogen-bond donors (Lipinski definition) is 2. The number of rotatable bonds is 7. The molecule has 1 aliphatic heterocycles. The fourth-order valence-corrected chi connectivity index (χ4v) is 3.53. The largest absolute Gasteiger partial charge is 0.462 e. The van der Waals surface area contributed by atoms with Gasteiger partial charge in [-0.15, -0.1) is 0 Å². The van der Waals surface area contributed by atoms with Crippen LogP contribution in [0.5, 0.6) is 0 Å². The summed E-state index contributed by atoms with van der Waals surface area (Å²) in [5.41, 5.74) is 1.88. The molecular formula is C23H28N4O4. The second-order valence-corrected chi connectivity index (χ2v) is 7.49. The van der Waals surface area contributed by atoms with E-state index in [1.54, 1.807) is 19.9 Å². The predicted molar refractivity (Wildman–Crippen MR) is 117 cm³/mol. The Morgan fingerprint density at radius 2 is 1.81 bits per heavy atom. The van der Waals surface area contributed by atoms with Crippen molar-refractivity contribution in [2.24, 2.45) is 0 Å². The van der Waals surface area contributed by atoms with Gasteiger partial charge in [-0.3, -0.25) is 14.5 Å². The van der Waals surface area contributed by atoms with E-state index in [0.29, 0.717) is 17.8 Å². The van der Waals surface area contributed by atoms with Gasteiger partial charge in [-0.25, -0.2) is 9.78 Å². The monoisotopic (exact) mass is 424 g/mol. The number of pyridine rings is 1. The Morgan fingerprint density at radius 1 is 1.10 bits per heavy atom. The topological polar surface area (TPSA) is 101 Å². The summed E-state index contributed by atoms with van der Waals surface area (Å²) in [6.07, 6.45) is 1.51. The second kappa shape index (κ2) is 10.7. The quantitative estimate of drug-likeness (QED) is 0.662. The molecule has 2 aromatic rings. The minimum Gasteiger partial charge on any atom is -0.462 e. The van der Waals surface area contributed by atoms with E-state index in [9.17, 15) is 14.4 Å². The molecule has 1 aromatic carbocycles. The molecule has 164 valence electrons. The first kappa shape index (κ1) is 22.4. The van der Waals surface area contributed by atoms with Crippen LogP contribution >= 0.6 is 0 Å². The van der Waals surface area contributed by atoms with E-state index in [4.69, 9.17) is 4.74 Å². The minimum absolute atomic E-state index is 0.0211. The number of anilines is 1.